The van der Waals surface area contributed by atoms with Gasteiger partial charge in [-0.2, -0.15) is 0 Å². The summed E-state index contributed by atoms with van der Waals surface area (Å²) in [5.74, 6) is 0. The molecule has 0 amide bonds. The van der Waals surface area contributed by atoms with Crippen LogP contribution in [0.4, 0.5) is 0 Å². The molecule has 3 heteroatoms. The van der Waals surface area contributed by atoms with Crippen molar-refractivity contribution in [2.24, 2.45) is 0 Å². The van der Waals surface area contributed by atoms with Crippen LogP contribution < -0.4 is 0 Å². The molecule has 114 valence electrons. The van der Waals surface area contributed by atoms with Crippen molar-refractivity contribution in [1.82, 2.24) is 4.90 Å². The molecular formula is C16H36AlNO. The number of hydrogen-bond acceptors (Lipinski definition) is 2. The van der Waals surface area contributed by atoms with E-state index in [0.717, 1.165) is 0 Å². The molecule has 1 unspecified atom stereocenters. The molecular weight excluding hydrogens is 249 g/mol. The van der Waals surface area contributed by atoms with Crippen LogP contribution in [-0.2, 0) is 3.79 Å². The lowest BCUT2D eigenvalue weighted by atomic mass is 10.3. The molecule has 0 spiro atoms. The fourth-order valence-corrected chi connectivity index (χ4v) is 5.58. The van der Waals surface area contributed by atoms with Gasteiger partial charge in [-0.1, -0.05) is 63.9 Å². The summed E-state index contributed by atoms with van der Waals surface area (Å²) < 4.78 is 6.49. The predicted molar refractivity (Wildman–Crippen MR) is 87.9 cm³/mol. The number of rotatable bonds is 13. The molecule has 0 bridgehead atoms. The summed E-state index contributed by atoms with van der Waals surface area (Å²) in [5, 5.41) is 2.74. The van der Waals surface area contributed by atoms with E-state index in [0.29, 0.717) is 6.23 Å². The predicted octanol–water partition coefficient (Wildman–Crippen LogP) is 5.06. The SMILES string of the molecule is CCC[CH2][Al]([CH2]CCC)[O]C(C)N(CCC)CCC. The number of nitrogens with zero attached hydrogens (tertiary/aromatic N) is 1. The van der Waals surface area contributed by atoms with Crippen molar-refractivity contribution >= 4 is 14.5 Å². The summed E-state index contributed by atoms with van der Waals surface area (Å²) in [6, 6.07) is 0. The maximum absolute atomic E-state index is 6.49. The molecule has 0 aromatic carbocycles. The van der Waals surface area contributed by atoms with Gasteiger partial charge in [0.25, 0.3) is 0 Å². The van der Waals surface area contributed by atoms with Gasteiger partial charge in [0, 0.05) is 13.1 Å². The van der Waals surface area contributed by atoms with E-state index in [2.05, 4.69) is 39.5 Å². The van der Waals surface area contributed by atoms with Crippen molar-refractivity contribution in [2.45, 2.75) is 89.9 Å². The Balaban J connectivity index is 4.25. The summed E-state index contributed by atoms with van der Waals surface area (Å²) in [6.07, 6.45) is 8.12. The van der Waals surface area contributed by atoms with E-state index in [1.165, 1.54) is 62.2 Å². The third-order valence-electron chi connectivity index (χ3n) is 3.68. The summed E-state index contributed by atoms with van der Waals surface area (Å²) in [6.45, 7) is 13.7. The fraction of sp³-hybridized carbons (Fsp3) is 1.00. The molecule has 0 aromatic rings. The molecule has 0 fully saturated rings. The lowest BCUT2D eigenvalue weighted by molar-refractivity contribution is 0.0364. The van der Waals surface area contributed by atoms with E-state index < -0.39 is 14.5 Å². The van der Waals surface area contributed by atoms with Crippen molar-refractivity contribution in [3.63, 3.8) is 0 Å². The summed E-state index contributed by atoms with van der Waals surface area (Å²) in [5.41, 5.74) is 0. The Morgan fingerprint density at radius 3 is 1.68 bits per heavy atom. The Morgan fingerprint density at radius 2 is 1.32 bits per heavy atom. The highest BCUT2D eigenvalue weighted by molar-refractivity contribution is 6.51. The van der Waals surface area contributed by atoms with Crippen molar-refractivity contribution in [1.29, 1.82) is 0 Å². The highest BCUT2D eigenvalue weighted by atomic mass is 27.2. The Bertz CT molecular complexity index is 176. The van der Waals surface area contributed by atoms with Gasteiger partial charge in [-0.05, 0) is 19.8 Å². The van der Waals surface area contributed by atoms with Gasteiger partial charge in [-0.3, -0.25) is 4.90 Å². The topological polar surface area (TPSA) is 12.5 Å². The number of unbranched alkanes of at least 4 members (excludes halogenated alkanes) is 2. The van der Waals surface area contributed by atoms with Crippen LogP contribution in [0, 0.1) is 0 Å². The lowest BCUT2D eigenvalue weighted by Crippen LogP contribution is -2.40. The zero-order valence-corrected chi connectivity index (χ0v) is 15.2. The molecule has 0 saturated carbocycles. The van der Waals surface area contributed by atoms with E-state index in [1.54, 1.807) is 0 Å². The Labute approximate surface area is 126 Å². The molecule has 0 heterocycles. The van der Waals surface area contributed by atoms with Gasteiger partial charge in [0.2, 0.25) is 0 Å². The average molecular weight is 285 g/mol. The largest absolute Gasteiger partial charge is 0.487 e. The van der Waals surface area contributed by atoms with Crippen LogP contribution in [0.5, 0.6) is 0 Å². The molecule has 0 N–H and O–H groups in total. The summed E-state index contributed by atoms with van der Waals surface area (Å²) >= 11 is -0.975. The minimum absolute atomic E-state index is 0.338. The Hall–Kier alpha value is 0.452. The van der Waals surface area contributed by atoms with Crippen LogP contribution in [0.1, 0.15) is 73.1 Å². The third-order valence-corrected chi connectivity index (χ3v) is 6.57. The van der Waals surface area contributed by atoms with E-state index in [1.807, 2.05) is 0 Å². The van der Waals surface area contributed by atoms with Gasteiger partial charge in [0.05, 0.1) is 6.23 Å². The first-order valence-electron chi connectivity index (χ1n) is 8.58. The van der Waals surface area contributed by atoms with Crippen molar-refractivity contribution in [2.75, 3.05) is 13.1 Å². The van der Waals surface area contributed by atoms with Crippen LogP contribution in [0.2, 0.25) is 10.6 Å². The van der Waals surface area contributed by atoms with Gasteiger partial charge in [-0.15, -0.1) is 0 Å². The molecule has 0 aliphatic heterocycles. The first-order chi connectivity index (χ1) is 9.19. The van der Waals surface area contributed by atoms with Crippen LogP contribution in [0.25, 0.3) is 0 Å². The first kappa shape index (κ1) is 19.5. The maximum Gasteiger partial charge on any atom is 0.461 e. The molecule has 0 rings (SSSR count). The third kappa shape index (κ3) is 9.91. The minimum atomic E-state index is -0.975. The molecule has 0 saturated heterocycles. The molecule has 1 atom stereocenters. The Morgan fingerprint density at radius 1 is 0.842 bits per heavy atom. The molecule has 2 nitrogen and oxygen atoms in total. The maximum atomic E-state index is 6.49. The van der Waals surface area contributed by atoms with Gasteiger partial charge in [-0.25, -0.2) is 0 Å². The second-order valence-corrected chi connectivity index (χ2v) is 8.35. The van der Waals surface area contributed by atoms with E-state index >= 15 is 0 Å². The van der Waals surface area contributed by atoms with Gasteiger partial charge >= 0.3 is 14.5 Å². The van der Waals surface area contributed by atoms with Crippen molar-refractivity contribution in [3.8, 4) is 0 Å². The van der Waals surface area contributed by atoms with Crippen LogP contribution in [-0.4, -0.2) is 38.7 Å². The van der Waals surface area contributed by atoms with E-state index in [4.69, 9.17) is 3.79 Å². The van der Waals surface area contributed by atoms with Crippen LogP contribution in [0.15, 0.2) is 0 Å². The second kappa shape index (κ2) is 13.4. The molecule has 0 radical (unpaired) electrons. The normalized spacial score (nSPS) is 12.9. The van der Waals surface area contributed by atoms with Crippen LogP contribution in [0.3, 0.4) is 0 Å². The first-order valence-corrected chi connectivity index (χ1v) is 10.7. The van der Waals surface area contributed by atoms with E-state index in [9.17, 15) is 0 Å². The molecule has 19 heavy (non-hydrogen) atoms. The minimum Gasteiger partial charge on any atom is -0.487 e. The van der Waals surface area contributed by atoms with Crippen molar-refractivity contribution < 1.29 is 3.79 Å². The van der Waals surface area contributed by atoms with Crippen LogP contribution >= 0.6 is 0 Å². The number of hydrogen-bond donors (Lipinski definition) is 0. The van der Waals surface area contributed by atoms with Gasteiger partial charge < -0.3 is 3.79 Å². The standard InChI is InChI=1S/C8H18NO.2C4H9.Al/c1-4-6-9(7-5-2)8(3)10;2*1-3-4-2;/h8H,4-7H2,1-3H3;2*1,3-4H2,2H3;/q-1;;;+1. The molecule has 0 aromatic heterocycles. The zero-order chi connectivity index (χ0) is 14.5. The molecule has 0 aliphatic carbocycles. The fourth-order valence-electron chi connectivity index (χ4n) is 2.56. The summed E-state index contributed by atoms with van der Waals surface area (Å²) in [7, 11) is 0. The second-order valence-electron chi connectivity index (χ2n) is 5.68. The highest BCUT2D eigenvalue weighted by Crippen LogP contribution is 2.15. The summed E-state index contributed by atoms with van der Waals surface area (Å²) in [4.78, 5) is 2.53. The smallest absolute Gasteiger partial charge is 0.461 e. The van der Waals surface area contributed by atoms with Crippen molar-refractivity contribution in [3.05, 3.63) is 0 Å². The highest BCUT2D eigenvalue weighted by Gasteiger charge is 2.24. The molecule has 0 aliphatic rings. The Kier molecular flexibility index (Phi) is 13.8. The average Bonchev–Trinajstić information content (AvgIpc) is 2.41. The zero-order valence-electron chi connectivity index (χ0n) is 14.1. The van der Waals surface area contributed by atoms with Gasteiger partial charge in [0.1, 0.15) is 0 Å². The van der Waals surface area contributed by atoms with Gasteiger partial charge in [0.15, 0.2) is 0 Å². The monoisotopic (exact) mass is 285 g/mol. The van der Waals surface area contributed by atoms with E-state index in [-0.39, 0.29) is 0 Å². The lowest BCUT2D eigenvalue weighted by Gasteiger charge is -2.31. The quantitative estimate of drug-likeness (QED) is 0.346.